The number of carbonyl (C=O) groups is 3. The third-order valence-corrected chi connectivity index (χ3v) is 11.2. The van der Waals surface area contributed by atoms with Gasteiger partial charge in [0.15, 0.2) is 6.10 Å². The summed E-state index contributed by atoms with van der Waals surface area (Å²) >= 11 is 0. The Morgan fingerprint density at radius 3 is 0.918 bits per heavy atom. The maximum absolute atomic E-state index is 12.8. The van der Waals surface area contributed by atoms with E-state index in [2.05, 4.69) is 179 Å². The number of carbonyl (C=O) groups excluding carboxylic acids is 3. The molecule has 6 heteroatoms. The summed E-state index contributed by atoms with van der Waals surface area (Å²) in [5.41, 5.74) is 0. The van der Waals surface area contributed by atoms with Crippen molar-refractivity contribution in [3.05, 3.63) is 170 Å². The Morgan fingerprint density at radius 1 is 0.288 bits per heavy atom. The number of hydrogen-bond acceptors (Lipinski definition) is 6. The van der Waals surface area contributed by atoms with Gasteiger partial charge in [-0.2, -0.15) is 0 Å². The van der Waals surface area contributed by atoms with Crippen molar-refractivity contribution >= 4 is 17.9 Å². The molecule has 0 N–H and O–H groups in total. The molecule has 0 aromatic heterocycles. The zero-order chi connectivity index (χ0) is 52.9. The van der Waals surface area contributed by atoms with Crippen LogP contribution >= 0.6 is 0 Å². The molecule has 0 rings (SSSR count). The van der Waals surface area contributed by atoms with Crippen LogP contribution in [0.25, 0.3) is 0 Å². The summed E-state index contributed by atoms with van der Waals surface area (Å²) in [6.07, 6.45) is 87.8. The lowest BCUT2D eigenvalue weighted by atomic mass is 10.1. The number of allylic oxidation sites excluding steroid dienone is 28. The van der Waals surface area contributed by atoms with E-state index in [0.717, 1.165) is 135 Å². The monoisotopic (exact) mass is 1000 g/mol. The van der Waals surface area contributed by atoms with Crippen molar-refractivity contribution in [1.29, 1.82) is 0 Å². The molecule has 0 aliphatic carbocycles. The normalized spacial score (nSPS) is 13.4. The molecule has 0 bridgehead atoms. The summed E-state index contributed by atoms with van der Waals surface area (Å²) in [6, 6.07) is 0. The summed E-state index contributed by atoms with van der Waals surface area (Å²) in [5.74, 6) is -1.09. The van der Waals surface area contributed by atoms with Crippen LogP contribution in [0, 0.1) is 0 Å². The Kier molecular flexibility index (Phi) is 55.1. The Labute approximate surface area is 447 Å². The largest absolute Gasteiger partial charge is 0.462 e. The van der Waals surface area contributed by atoms with E-state index in [9.17, 15) is 14.4 Å². The average Bonchev–Trinajstić information content (AvgIpc) is 3.39. The Morgan fingerprint density at radius 2 is 0.562 bits per heavy atom. The van der Waals surface area contributed by atoms with E-state index in [1.807, 2.05) is 12.2 Å². The fourth-order valence-corrected chi connectivity index (χ4v) is 6.97. The van der Waals surface area contributed by atoms with Crippen molar-refractivity contribution in [3.8, 4) is 0 Å². The van der Waals surface area contributed by atoms with Gasteiger partial charge >= 0.3 is 17.9 Å². The van der Waals surface area contributed by atoms with E-state index in [0.29, 0.717) is 19.3 Å². The van der Waals surface area contributed by atoms with Crippen molar-refractivity contribution in [2.24, 2.45) is 0 Å². The van der Waals surface area contributed by atoms with Gasteiger partial charge in [0.1, 0.15) is 13.2 Å². The molecular formula is C67H102O6. The van der Waals surface area contributed by atoms with E-state index in [4.69, 9.17) is 14.2 Å². The second-order valence-electron chi connectivity index (χ2n) is 18.1. The van der Waals surface area contributed by atoms with Crippen LogP contribution in [-0.2, 0) is 28.6 Å². The molecule has 0 spiro atoms. The van der Waals surface area contributed by atoms with Crippen LogP contribution in [0.2, 0.25) is 0 Å². The van der Waals surface area contributed by atoms with Crippen molar-refractivity contribution in [1.82, 2.24) is 0 Å². The molecule has 73 heavy (non-hydrogen) atoms. The molecule has 0 heterocycles. The van der Waals surface area contributed by atoms with Crippen molar-refractivity contribution < 1.29 is 28.6 Å². The van der Waals surface area contributed by atoms with Crippen LogP contribution in [0.4, 0.5) is 0 Å². The molecule has 0 amide bonds. The minimum atomic E-state index is -0.853. The standard InChI is InChI=1S/C67H102O6/c1-4-7-10-13-16-19-22-25-28-30-32-33-35-36-39-42-45-48-51-54-57-60-66(69)72-63-64(62-71-65(68)59-56-53-50-47-44-41-38-27-24-21-18-15-12-9-6-3)73-67(70)61-58-55-52-49-46-43-40-37-34-31-29-26-23-20-17-14-11-8-5-2/h7-8,10-11,16-21,25-29,32-34,36-39,43,45-46,48,52,55,64H,4-6,9,12-15,22-24,30-31,35,40-42,44,47,49-51,53-54,56-63H2,1-3H3/b10-7-,11-8-,19-16-,20-17-,21-18-,28-25-,29-26-,33-32-,37-34-,38-27-,39-36-,46-43-,48-45-,55-52-. The van der Waals surface area contributed by atoms with E-state index < -0.39 is 12.1 Å². The predicted octanol–water partition coefficient (Wildman–Crippen LogP) is 19.5. The molecule has 0 saturated heterocycles. The maximum Gasteiger partial charge on any atom is 0.306 e. The molecule has 0 saturated carbocycles. The second kappa shape index (κ2) is 59.3. The molecule has 0 radical (unpaired) electrons. The molecule has 0 fully saturated rings. The molecule has 1 atom stereocenters. The first-order chi connectivity index (χ1) is 36.0. The van der Waals surface area contributed by atoms with Gasteiger partial charge in [0.2, 0.25) is 0 Å². The Hall–Kier alpha value is -5.23. The SMILES string of the molecule is CC/C=C\C/C=C\C/C=C\C/C=C\C/C=C\C/C=C\CCCCC(=O)OCC(COC(=O)CCCCCCC/C=C\C/C=C\CCCCC)OC(=O)CC/C=C\C/C=C\C/C=C\C/C=C\C/C=C\C/C=C\CC. The zero-order valence-electron chi connectivity index (χ0n) is 46.3. The van der Waals surface area contributed by atoms with Crippen LogP contribution in [0.5, 0.6) is 0 Å². The smallest absolute Gasteiger partial charge is 0.306 e. The molecule has 0 aromatic carbocycles. The molecule has 0 aliphatic heterocycles. The molecule has 0 aromatic rings. The average molecular weight is 1000 g/mol. The number of esters is 3. The quantitative estimate of drug-likeness (QED) is 0.0261. The van der Waals surface area contributed by atoms with Gasteiger partial charge in [0.05, 0.1) is 0 Å². The van der Waals surface area contributed by atoms with Crippen LogP contribution in [0.15, 0.2) is 170 Å². The molecule has 0 aliphatic rings. The highest BCUT2D eigenvalue weighted by Gasteiger charge is 2.19. The van der Waals surface area contributed by atoms with Gasteiger partial charge in [-0.3, -0.25) is 14.4 Å². The van der Waals surface area contributed by atoms with Gasteiger partial charge in [0, 0.05) is 19.3 Å². The summed E-state index contributed by atoms with van der Waals surface area (Å²) in [7, 11) is 0. The summed E-state index contributed by atoms with van der Waals surface area (Å²) in [5, 5.41) is 0. The zero-order valence-corrected chi connectivity index (χ0v) is 46.3. The van der Waals surface area contributed by atoms with Crippen molar-refractivity contribution in [3.63, 3.8) is 0 Å². The summed E-state index contributed by atoms with van der Waals surface area (Å²) < 4.78 is 16.7. The number of ether oxygens (including phenoxy) is 3. The minimum Gasteiger partial charge on any atom is -0.462 e. The maximum atomic E-state index is 12.8. The van der Waals surface area contributed by atoms with Crippen molar-refractivity contribution in [2.45, 2.75) is 219 Å². The van der Waals surface area contributed by atoms with Crippen LogP contribution < -0.4 is 0 Å². The molecule has 406 valence electrons. The molecule has 1 unspecified atom stereocenters. The van der Waals surface area contributed by atoms with Crippen LogP contribution in [0.1, 0.15) is 213 Å². The molecular weight excluding hydrogens is 901 g/mol. The lowest BCUT2D eigenvalue weighted by Crippen LogP contribution is -2.30. The van der Waals surface area contributed by atoms with Gasteiger partial charge in [-0.25, -0.2) is 0 Å². The number of unbranched alkanes of at least 4 members (excludes halogenated alkanes) is 10. The first kappa shape index (κ1) is 67.8. The predicted molar refractivity (Wildman–Crippen MR) is 315 cm³/mol. The van der Waals surface area contributed by atoms with Crippen molar-refractivity contribution in [2.75, 3.05) is 13.2 Å². The van der Waals surface area contributed by atoms with E-state index in [1.165, 1.54) is 25.7 Å². The highest BCUT2D eigenvalue weighted by molar-refractivity contribution is 5.71. The van der Waals surface area contributed by atoms with Gasteiger partial charge < -0.3 is 14.2 Å². The highest BCUT2D eigenvalue weighted by Crippen LogP contribution is 2.11. The fourth-order valence-electron chi connectivity index (χ4n) is 6.97. The van der Waals surface area contributed by atoms with Gasteiger partial charge in [-0.05, 0) is 141 Å². The van der Waals surface area contributed by atoms with Gasteiger partial charge in [-0.1, -0.05) is 223 Å². The van der Waals surface area contributed by atoms with Gasteiger partial charge in [-0.15, -0.1) is 0 Å². The van der Waals surface area contributed by atoms with E-state index in [1.54, 1.807) is 0 Å². The van der Waals surface area contributed by atoms with Gasteiger partial charge in [0.25, 0.3) is 0 Å². The second-order valence-corrected chi connectivity index (χ2v) is 18.1. The molecule has 6 nitrogen and oxygen atoms in total. The third kappa shape index (κ3) is 57.5. The van der Waals surface area contributed by atoms with Crippen LogP contribution in [0.3, 0.4) is 0 Å². The number of hydrogen-bond donors (Lipinski definition) is 0. The lowest BCUT2D eigenvalue weighted by Gasteiger charge is -2.18. The summed E-state index contributed by atoms with van der Waals surface area (Å²) in [6.45, 7) is 6.25. The summed E-state index contributed by atoms with van der Waals surface area (Å²) in [4.78, 5) is 38.1. The third-order valence-electron chi connectivity index (χ3n) is 11.2. The minimum absolute atomic E-state index is 0.138. The Bertz CT molecular complexity index is 1720. The van der Waals surface area contributed by atoms with Crippen LogP contribution in [-0.4, -0.2) is 37.2 Å². The topological polar surface area (TPSA) is 78.9 Å². The fraction of sp³-hybridized carbons (Fsp3) is 0.537. The lowest BCUT2D eigenvalue weighted by molar-refractivity contribution is -0.166. The Balaban J connectivity index is 4.64. The van der Waals surface area contributed by atoms with E-state index in [-0.39, 0.29) is 38.0 Å². The highest BCUT2D eigenvalue weighted by atomic mass is 16.6. The number of rotatable bonds is 49. The first-order valence-electron chi connectivity index (χ1n) is 28.6. The first-order valence-corrected chi connectivity index (χ1v) is 28.6. The van der Waals surface area contributed by atoms with E-state index >= 15 is 0 Å².